The molecule has 1 amide bonds. The van der Waals surface area contributed by atoms with Crippen molar-refractivity contribution in [1.29, 1.82) is 0 Å². The summed E-state index contributed by atoms with van der Waals surface area (Å²) in [6.07, 6.45) is 0.422. The molecule has 5 heteroatoms. The van der Waals surface area contributed by atoms with Crippen LogP contribution in [0.3, 0.4) is 0 Å². The van der Waals surface area contributed by atoms with Crippen molar-refractivity contribution in [3.05, 3.63) is 34.1 Å². The van der Waals surface area contributed by atoms with Gasteiger partial charge in [0.15, 0.2) is 0 Å². The molecule has 0 aromatic heterocycles. The van der Waals surface area contributed by atoms with E-state index in [4.69, 9.17) is 0 Å². The summed E-state index contributed by atoms with van der Waals surface area (Å²) in [5.74, 6) is -0.344. The molecule has 0 bridgehead atoms. The number of carbonyl (C=O) groups excluding carboxylic acids is 1. The van der Waals surface area contributed by atoms with Crippen molar-refractivity contribution in [2.45, 2.75) is 32.9 Å². The number of rotatable bonds is 6. The monoisotopic (exact) mass is 316 g/mol. The third-order valence-corrected chi connectivity index (χ3v) is 3.16. The van der Waals surface area contributed by atoms with Crippen LogP contribution in [-0.2, 0) is 11.3 Å². The van der Waals surface area contributed by atoms with Crippen LogP contribution in [0.15, 0.2) is 22.7 Å². The highest BCUT2D eigenvalue weighted by molar-refractivity contribution is 9.10. The molecule has 0 aliphatic carbocycles. The number of hydrogen-bond acceptors (Lipinski definition) is 2. The molecule has 0 fully saturated rings. The van der Waals surface area contributed by atoms with Gasteiger partial charge in [-0.15, -0.1) is 0 Å². The largest absolute Gasteiger partial charge is 0.352 e. The Kier molecular flexibility index (Phi) is 6.29. The van der Waals surface area contributed by atoms with Crippen molar-refractivity contribution in [1.82, 2.24) is 10.6 Å². The molecular weight excluding hydrogens is 299 g/mol. The average Bonchev–Trinajstić information content (AvgIpc) is 2.30. The summed E-state index contributed by atoms with van der Waals surface area (Å²) in [5.41, 5.74) is 0.736. The van der Waals surface area contributed by atoms with Crippen molar-refractivity contribution in [3.8, 4) is 0 Å². The van der Waals surface area contributed by atoms with Gasteiger partial charge in [0.05, 0.1) is 0 Å². The van der Waals surface area contributed by atoms with E-state index in [0.29, 0.717) is 25.6 Å². The van der Waals surface area contributed by atoms with Gasteiger partial charge in [-0.05, 0) is 23.8 Å². The molecule has 1 rings (SSSR count). The molecule has 1 aromatic carbocycles. The molecule has 0 saturated carbocycles. The number of halogens is 2. The highest BCUT2D eigenvalue weighted by atomic mass is 79.9. The van der Waals surface area contributed by atoms with E-state index in [0.717, 1.165) is 10.0 Å². The van der Waals surface area contributed by atoms with Gasteiger partial charge in [0.2, 0.25) is 5.91 Å². The molecule has 0 radical (unpaired) electrons. The van der Waals surface area contributed by atoms with E-state index < -0.39 is 0 Å². The lowest BCUT2D eigenvalue weighted by atomic mass is 10.2. The average molecular weight is 317 g/mol. The molecule has 0 atom stereocenters. The molecule has 18 heavy (non-hydrogen) atoms. The van der Waals surface area contributed by atoms with E-state index in [1.54, 1.807) is 6.07 Å². The van der Waals surface area contributed by atoms with E-state index in [1.165, 1.54) is 12.1 Å². The summed E-state index contributed by atoms with van der Waals surface area (Å²) in [4.78, 5) is 11.5. The molecule has 0 saturated heterocycles. The van der Waals surface area contributed by atoms with Crippen LogP contribution in [0.25, 0.3) is 0 Å². The Morgan fingerprint density at radius 3 is 2.83 bits per heavy atom. The second-order valence-electron chi connectivity index (χ2n) is 4.37. The van der Waals surface area contributed by atoms with Crippen LogP contribution in [-0.4, -0.2) is 18.5 Å². The van der Waals surface area contributed by atoms with Gasteiger partial charge in [-0.2, -0.15) is 0 Å². The first-order valence-corrected chi connectivity index (χ1v) is 6.72. The molecule has 0 aliphatic heterocycles. The maximum atomic E-state index is 13.0. The first-order chi connectivity index (χ1) is 8.49. The zero-order valence-electron chi connectivity index (χ0n) is 10.6. The van der Waals surface area contributed by atoms with Crippen molar-refractivity contribution >= 4 is 21.8 Å². The van der Waals surface area contributed by atoms with Gasteiger partial charge in [-0.25, -0.2) is 4.39 Å². The Hall–Kier alpha value is -0.940. The molecule has 1 aromatic rings. The van der Waals surface area contributed by atoms with Gasteiger partial charge in [0.1, 0.15) is 5.82 Å². The molecular formula is C13H18BrFN2O. The van der Waals surface area contributed by atoms with Crippen LogP contribution in [0.2, 0.25) is 0 Å². The topological polar surface area (TPSA) is 41.1 Å². The van der Waals surface area contributed by atoms with Gasteiger partial charge >= 0.3 is 0 Å². The minimum Gasteiger partial charge on any atom is -0.352 e. The van der Waals surface area contributed by atoms with E-state index in [1.807, 2.05) is 13.8 Å². The fourth-order valence-corrected chi connectivity index (χ4v) is 1.82. The molecule has 3 nitrogen and oxygen atoms in total. The maximum Gasteiger partial charge on any atom is 0.221 e. The Morgan fingerprint density at radius 1 is 1.44 bits per heavy atom. The SMILES string of the molecule is CC(C)NCCC(=O)NCc1cc(F)ccc1Br. The number of carbonyl (C=O) groups is 1. The van der Waals surface area contributed by atoms with E-state index in [9.17, 15) is 9.18 Å². The molecule has 0 heterocycles. The summed E-state index contributed by atoms with van der Waals surface area (Å²) in [5, 5.41) is 5.93. The fraction of sp³-hybridized carbons (Fsp3) is 0.462. The van der Waals surface area contributed by atoms with Gasteiger partial charge in [-0.1, -0.05) is 29.8 Å². The number of nitrogens with one attached hydrogen (secondary N) is 2. The van der Waals surface area contributed by atoms with Crippen molar-refractivity contribution in [2.75, 3.05) is 6.54 Å². The second kappa shape index (κ2) is 7.48. The first kappa shape index (κ1) is 15.1. The highest BCUT2D eigenvalue weighted by Crippen LogP contribution is 2.17. The van der Waals surface area contributed by atoms with E-state index >= 15 is 0 Å². The second-order valence-corrected chi connectivity index (χ2v) is 5.23. The van der Waals surface area contributed by atoms with Crippen LogP contribution in [0.5, 0.6) is 0 Å². The minimum absolute atomic E-state index is 0.0423. The van der Waals surface area contributed by atoms with E-state index in [2.05, 4.69) is 26.6 Å². The van der Waals surface area contributed by atoms with Crippen LogP contribution >= 0.6 is 15.9 Å². The van der Waals surface area contributed by atoms with Gasteiger partial charge in [-0.3, -0.25) is 4.79 Å². The number of hydrogen-bond donors (Lipinski definition) is 2. The van der Waals surface area contributed by atoms with Crippen LogP contribution in [0.4, 0.5) is 4.39 Å². The molecule has 0 aliphatic rings. The molecule has 2 N–H and O–H groups in total. The zero-order valence-corrected chi connectivity index (χ0v) is 12.2. The first-order valence-electron chi connectivity index (χ1n) is 5.93. The lowest BCUT2D eigenvalue weighted by molar-refractivity contribution is -0.121. The highest BCUT2D eigenvalue weighted by Gasteiger charge is 2.05. The number of amides is 1. The Bertz CT molecular complexity index is 410. The third kappa shape index (κ3) is 5.60. The van der Waals surface area contributed by atoms with Crippen LogP contribution in [0.1, 0.15) is 25.8 Å². The molecule has 0 unspecified atom stereocenters. The fourth-order valence-electron chi connectivity index (χ4n) is 1.44. The predicted octanol–water partition coefficient (Wildman–Crippen LogP) is 2.59. The summed E-state index contributed by atoms with van der Waals surface area (Å²) >= 11 is 3.32. The zero-order chi connectivity index (χ0) is 13.5. The number of benzene rings is 1. The third-order valence-electron chi connectivity index (χ3n) is 2.39. The Labute approximate surface area is 115 Å². The maximum absolute atomic E-state index is 13.0. The summed E-state index contributed by atoms with van der Waals surface area (Å²) in [6, 6.07) is 4.80. The lowest BCUT2D eigenvalue weighted by Gasteiger charge is -2.09. The molecule has 100 valence electrons. The minimum atomic E-state index is -0.302. The Morgan fingerprint density at radius 2 is 2.17 bits per heavy atom. The van der Waals surface area contributed by atoms with Gasteiger partial charge < -0.3 is 10.6 Å². The molecule has 0 spiro atoms. The standard InChI is InChI=1S/C13H18BrFN2O/c1-9(2)16-6-5-13(18)17-8-10-7-11(15)3-4-12(10)14/h3-4,7,9,16H,5-6,8H2,1-2H3,(H,17,18). The lowest BCUT2D eigenvalue weighted by Crippen LogP contribution is -2.30. The summed E-state index contributed by atoms with van der Waals surface area (Å²) in [7, 11) is 0. The predicted molar refractivity (Wildman–Crippen MR) is 73.7 cm³/mol. The van der Waals surface area contributed by atoms with Gasteiger partial charge in [0, 0.05) is 30.0 Å². The van der Waals surface area contributed by atoms with Gasteiger partial charge in [0.25, 0.3) is 0 Å². The smallest absolute Gasteiger partial charge is 0.221 e. The summed E-state index contributed by atoms with van der Waals surface area (Å²) < 4.78 is 13.8. The Balaban J connectivity index is 2.36. The summed E-state index contributed by atoms with van der Waals surface area (Å²) in [6.45, 7) is 5.04. The van der Waals surface area contributed by atoms with Crippen molar-refractivity contribution < 1.29 is 9.18 Å². The van der Waals surface area contributed by atoms with Crippen molar-refractivity contribution in [2.24, 2.45) is 0 Å². The van der Waals surface area contributed by atoms with Crippen LogP contribution < -0.4 is 10.6 Å². The van der Waals surface area contributed by atoms with Crippen molar-refractivity contribution in [3.63, 3.8) is 0 Å². The quantitative estimate of drug-likeness (QED) is 0.847. The van der Waals surface area contributed by atoms with E-state index in [-0.39, 0.29) is 11.7 Å². The van der Waals surface area contributed by atoms with Crippen LogP contribution in [0, 0.1) is 5.82 Å². The normalized spacial score (nSPS) is 10.7.